The molecule has 1 aromatic carbocycles. The zero-order valence-corrected chi connectivity index (χ0v) is 13.6. The second kappa shape index (κ2) is 5.83. The number of nitrogens with one attached hydrogen (secondary N) is 1. The molecule has 1 fully saturated rings. The number of amides is 1. The van der Waals surface area contributed by atoms with Gasteiger partial charge in [0.15, 0.2) is 10.4 Å². The number of pyridine rings is 1. The Labute approximate surface area is 142 Å². The van der Waals surface area contributed by atoms with Crippen molar-refractivity contribution in [2.75, 3.05) is 0 Å². The third kappa shape index (κ3) is 2.82. The van der Waals surface area contributed by atoms with Gasteiger partial charge in [0, 0.05) is 18.8 Å². The van der Waals surface area contributed by atoms with Crippen LogP contribution in [0.5, 0.6) is 0 Å². The van der Waals surface area contributed by atoms with Crippen molar-refractivity contribution >= 4 is 23.8 Å². The Morgan fingerprint density at radius 1 is 1.29 bits per heavy atom. The van der Waals surface area contributed by atoms with Gasteiger partial charge in [-0.15, -0.1) is 0 Å². The third-order valence-electron chi connectivity index (χ3n) is 4.17. The molecule has 0 bridgehead atoms. The number of halogens is 1. The molecule has 0 radical (unpaired) electrons. The number of H-pyrrole nitrogens is 1. The van der Waals surface area contributed by atoms with E-state index < -0.39 is 0 Å². The topological polar surface area (TPSA) is 53.4 Å². The Morgan fingerprint density at radius 2 is 2.04 bits per heavy atom. The maximum absolute atomic E-state index is 13.1. The van der Waals surface area contributed by atoms with Gasteiger partial charge in [-0.2, -0.15) is 5.10 Å². The molecule has 0 spiro atoms. The van der Waals surface area contributed by atoms with Crippen LogP contribution in [0.15, 0.2) is 42.6 Å². The Bertz CT molecular complexity index is 959. The normalized spacial score (nSPS) is 14.0. The van der Waals surface area contributed by atoms with Crippen molar-refractivity contribution in [1.82, 2.24) is 19.5 Å². The monoisotopic (exact) mass is 342 g/mol. The van der Waals surface area contributed by atoms with Gasteiger partial charge in [0.1, 0.15) is 5.82 Å². The first kappa shape index (κ1) is 15.0. The predicted molar refractivity (Wildman–Crippen MR) is 89.7 cm³/mol. The maximum atomic E-state index is 13.1. The van der Waals surface area contributed by atoms with Crippen molar-refractivity contribution in [3.05, 3.63) is 64.3 Å². The summed E-state index contributed by atoms with van der Waals surface area (Å²) in [5.41, 5.74) is 2.15. The average molecular weight is 342 g/mol. The Morgan fingerprint density at radius 3 is 2.75 bits per heavy atom. The summed E-state index contributed by atoms with van der Waals surface area (Å²) in [4.78, 5) is 14.8. The first-order chi connectivity index (χ1) is 11.6. The lowest BCUT2D eigenvalue weighted by Gasteiger charge is -2.22. The van der Waals surface area contributed by atoms with Crippen LogP contribution in [0.25, 0.3) is 5.65 Å². The number of hydrogen-bond acceptors (Lipinski definition) is 3. The highest BCUT2D eigenvalue weighted by Crippen LogP contribution is 2.30. The van der Waals surface area contributed by atoms with E-state index >= 15 is 0 Å². The number of hydrogen-bond donors (Lipinski definition) is 1. The predicted octanol–water partition coefficient (Wildman–Crippen LogP) is 3.34. The summed E-state index contributed by atoms with van der Waals surface area (Å²) < 4.78 is 15.2. The minimum absolute atomic E-state index is 0.0492. The molecule has 4 rings (SSSR count). The van der Waals surface area contributed by atoms with E-state index in [4.69, 9.17) is 12.2 Å². The molecule has 3 aromatic rings. The van der Waals surface area contributed by atoms with Gasteiger partial charge in [0.05, 0.1) is 5.56 Å². The lowest BCUT2D eigenvalue weighted by atomic mass is 10.1. The van der Waals surface area contributed by atoms with Crippen LogP contribution in [-0.4, -0.2) is 31.4 Å². The molecule has 122 valence electrons. The minimum atomic E-state index is -0.275. The largest absolute Gasteiger partial charge is 0.331 e. The summed E-state index contributed by atoms with van der Waals surface area (Å²) in [7, 11) is 0. The molecule has 2 aromatic heterocycles. The Kier molecular flexibility index (Phi) is 3.65. The van der Waals surface area contributed by atoms with Crippen molar-refractivity contribution in [2.45, 2.75) is 25.4 Å². The van der Waals surface area contributed by atoms with Crippen LogP contribution in [0, 0.1) is 10.6 Å². The average Bonchev–Trinajstić information content (AvgIpc) is 3.37. The second-order valence-electron chi connectivity index (χ2n) is 5.97. The molecular formula is C17H15FN4OS. The van der Waals surface area contributed by atoms with E-state index in [-0.39, 0.29) is 17.8 Å². The Hall–Kier alpha value is -2.54. The molecule has 1 amide bonds. The van der Waals surface area contributed by atoms with Crippen LogP contribution >= 0.6 is 12.2 Å². The van der Waals surface area contributed by atoms with Gasteiger partial charge in [0.25, 0.3) is 5.91 Å². The number of aromatic nitrogens is 3. The fourth-order valence-corrected chi connectivity index (χ4v) is 2.93. The van der Waals surface area contributed by atoms with E-state index in [0.29, 0.717) is 22.5 Å². The van der Waals surface area contributed by atoms with Gasteiger partial charge in [-0.25, -0.2) is 4.39 Å². The van der Waals surface area contributed by atoms with E-state index in [9.17, 15) is 9.18 Å². The molecule has 0 saturated heterocycles. The summed E-state index contributed by atoms with van der Waals surface area (Å²) >= 11 is 5.16. The first-order valence-electron chi connectivity index (χ1n) is 7.74. The maximum Gasteiger partial charge on any atom is 0.255 e. The molecule has 1 N–H and O–H groups in total. The number of aromatic amines is 1. The lowest BCUT2D eigenvalue weighted by molar-refractivity contribution is 0.0729. The Balaban J connectivity index is 1.64. The highest BCUT2D eigenvalue weighted by Gasteiger charge is 2.33. The number of fused-ring (bicyclic) bond motifs is 1. The van der Waals surface area contributed by atoms with Crippen molar-refractivity contribution in [2.24, 2.45) is 0 Å². The highest BCUT2D eigenvalue weighted by molar-refractivity contribution is 7.71. The number of carbonyl (C=O) groups is 1. The third-order valence-corrected chi connectivity index (χ3v) is 4.46. The van der Waals surface area contributed by atoms with Gasteiger partial charge in [-0.3, -0.25) is 14.3 Å². The molecule has 0 aliphatic heterocycles. The molecule has 7 heteroatoms. The van der Waals surface area contributed by atoms with Gasteiger partial charge < -0.3 is 4.90 Å². The van der Waals surface area contributed by atoms with Crippen LogP contribution in [-0.2, 0) is 6.54 Å². The fraction of sp³-hybridized carbons (Fsp3) is 0.235. The highest BCUT2D eigenvalue weighted by atomic mass is 32.1. The molecule has 5 nitrogen and oxygen atoms in total. The van der Waals surface area contributed by atoms with Crippen molar-refractivity contribution in [3.63, 3.8) is 0 Å². The van der Waals surface area contributed by atoms with Crippen LogP contribution in [0.3, 0.4) is 0 Å². The van der Waals surface area contributed by atoms with E-state index in [1.54, 1.807) is 34.9 Å². The summed E-state index contributed by atoms with van der Waals surface area (Å²) in [5.74, 6) is -0.324. The van der Waals surface area contributed by atoms with E-state index in [1.165, 1.54) is 12.1 Å². The van der Waals surface area contributed by atoms with Crippen molar-refractivity contribution in [3.8, 4) is 0 Å². The molecule has 0 unspecified atom stereocenters. The number of carbonyl (C=O) groups excluding carboxylic acids is 1. The van der Waals surface area contributed by atoms with E-state index in [2.05, 4.69) is 10.2 Å². The standard InChI is InChI=1S/C17H15FN4OS/c18-13-4-1-11(2-5-13)9-21(14-6-7-14)16(23)12-3-8-15-19-20-17(24)22(15)10-12/h1-5,8,10,14H,6-7,9H2,(H,20,24). The molecule has 1 aliphatic carbocycles. The minimum Gasteiger partial charge on any atom is -0.331 e. The second-order valence-corrected chi connectivity index (χ2v) is 6.35. The summed E-state index contributed by atoms with van der Waals surface area (Å²) in [5, 5.41) is 6.78. The molecule has 1 aliphatic rings. The molecule has 24 heavy (non-hydrogen) atoms. The number of rotatable bonds is 4. The van der Waals surface area contributed by atoms with Gasteiger partial charge in [-0.1, -0.05) is 12.1 Å². The van der Waals surface area contributed by atoms with Crippen LogP contribution < -0.4 is 0 Å². The fourth-order valence-electron chi connectivity index (χ4n) is 2.74. The van der Waals surface area contributed by atoms with Crippen LogP contribution in [0.1, 0.15) is 28.8 Å². The SMILES string of the molecule is O=C(c1ccc2n[nH]c(=S)n2c1)N(Cc1ccc(F)cc1)C1CC1. The van der Waals surface area contributed by atoms with Gasteiger partial charge in [-0.05, 0) is 54.9 Å². The quantitative estimate of drug-likeness (QED) is 0.740. The number of nitrogens with zero attached hydrogens (tertiary/aromatic N) is 3. The van der Waals surface area contributed by atoms with Crippen molar-refractivity contribution in [1.29, 1.82) is 0 Å². The molecule has 1 saturated carbocycles. The first-order valence-corrected chi connectivity index (χ1v) is 8.15. The van der Waals surface area contributed by atoms with E-state index in [0.717, 1.165) is 18.4 Å². The molecule has 2 heterocycles. The van der Waals surface area contributed by atoms with Gasteiger partial charge >= 0.3 is 0 Å². The van der Waals surface area contributed by atoms with Crippen molar-refractivity contribution < 1.29 is 9.18 Å². The van der Waals surface area contributed by atoms with Gasteiger partial charge in [0.2, 0.25) is 0 Å². The number of benzene rings is 1. The zero-order valence-electron chi connectivity index (χ0n) is 12.8. The smallest absolute Gasteiger partial charge is 0.255 e. The van der Waals surface area contributed by atoms with E-state index in [1.807, 2.05) is 4.90 Å². The van der Waals surface area contributed by atoms with Crippen LogP contribution in [0.2, 0.25) is 0 Å². The lowest BCUT2D eigenvalue weighted by Crippen LogP contribution is -2.32. The van der Waals surface area contributed by atoms with Crippen LogP contribution in [0.4, 0.5) is 4.39 Å². The summed E-state index contributed by atoms with van der Waals surface area (Å²) in [6.45, 7) is 0.471. The molecule has 0 atom stereocenters. The molecular weight excluding hydrogens is 327 g/mol. The summed E-state index contributed by atoms with van der Waals surface area (Å²) in [6, 6.07) is 10.0. The summed E-state index contributed by atoms with van der Waals surface area (Å²) in [6.07, 6.45) is 3.71. The zero-order chi connectivity index (χ0) is 16.7.